The lowest BCUT2D eigenvalue weighted by Crippen LogP contribution is -2.42. The number of thiazole rings is 1. The van der Waals surface area contributed by atoms with Crippen molar-refractivity contribution in [1.82, 2.24) is 15.6 Å². The third-order valence-electron chi connectivity index (χ3n) is 3.94. The normalized spacial score (nSPS) is 16.6. The van der Waals surface area contributed by atoms with E-state index < -0.39 is 0 Å². The molecule has 1 unspecified atom stereocenters. The first-order valence-electron chi connectivity index (χ1n) is 8.35. The minimum atomic E-state index is 0.152. The molecule has 24 heavy (non-hydrogen) atoms. The fourth-order valence-electron chi connectivity index (χ4n) is 2.79. The predicted molar refractivity (Wildman–Crippen MR) is 99.0 cm³/mol. The molecule has 0 spiro atoms. The zero-order valence-electron chi connectivity index (χ0n) is 14.4. The third-order valence-corrected chi connectivity index (χ3v) is 4.99. The summed E-state index contributed by atoms with van der Waals surface area (Å²) in [7, 11) is 0. The van der Waals surface area contributed by atoms with Crippen LogP contribution >= 0.6 is 11.3 Å². The molecule has 2 heterocycles. The highest BCUT2D eigenvalue weighted by molar-refractivity contribution is 7.11. The maximum atomic E-state index is 5.97. The van der Waals surface area contributed by atoms with Crippen molar-refractivity contribution < 1.29 is 4.74 Å². The highest BCUT2D eigenvalue weighted by atomic mass is 32.1. The molecule has 0 fully saturated rings. The van der Waals surface area contributed by atoms with Crippen LogP contribution in [-0.4, -0.2) is 30.1 Å². The van der Waals surface area contributed by atoms with Crippen molar-refractivity contribution in [2.75, 3.05) is 13.1 Å². The summed E-state index contributed by atoms with van der Waals surface area (Å²) in [5.74, 6) is 1.82. The highest BCUT2D eigenvalue weighted by Crippen LogP contribution is 2.27. The van der Waals surface area contributed by atoms with Crippen molar-refractivity contribution in [3.63, 3.8) is 0 Å². The Kier molecular flexibility index (Phi) is 5.35. The Labute approximate surface area is 147 Å². The summed E-state index contributed by atoms with van der Waals surface area (Å²) in [6, 6.07) is 8.23. The number of para-hydroxylation sites is 1. The molecule has 1 aliphatic heterocycles. The van der Waals surface area contributed by atoms with Gasteiger partial charge < -0.3 is 15.4 Å². The van der Waals surface area contributed by atoms with Gasteiger partial charge in [0.1, 0.15) is 11.9 Å². The van der Waals surface area contributed by atoms with Crippen molar-refractivity contribution >= 4 is 17.3 Å². The van der Waals surface area contributed by atoms with E-state index in [1.807, 2.05) is 26.0 Å². The fraction of sp³-hybridized carbons (Fsp3) is 0.444. The maximum absolute atomic E-state index is 5.97. The number of ether oxygens (including phenoxy) is 1. The Morgan fingerprint density at radius 1 is 1.33 bits per heavy atom. The molecule has 0 bridgehead atoms. The summed E-state index contributed by atoms with van der Waals surface area (Å²) in [5.41, 5.74) is 2.36. The molecule has 5 nitrogen and oxygen atoms in total. The minimum Gasteiger partial charge on any atom is -0.488 e. The molecule has 0 saturated heterocycles. The number of benzene rings is 1. The van der Waals surface area contributed by atoms with Crippen LogP contribution in [0.2, 0.25) is 0 Å². The lowest BCUT2D eigenvalue weighted by Gasteiger charge is -2.15. The quantitative estimate of drug-likeness (QED) is 0.647. The third kappa shape index (κ3) is 4.06. The molecule has 1 aromatic heterocycles. The number of rotatable bonds is 5. The number of fused-ring (bicyclic) bond motifs is 1. The maximum Gasteiger partial charge on any atom is 0.191 e. The molecular formula is C18H24N4OS. The van der Waals surface area contributed by atoms with Crippen LogP contribution in [0, 0.1) is 13.8 Å². The Hall–Kier alpha value is -2.08. The summed E-state index contributed by atoms with van der Waals surface area (Å²) < 4.78 is 5.97. The van der Waals surface area contributed by atoms with Crippen LogP contribution in [-0.2, 0) is 13.0 Å². The van der Waals surface area contributed by atoms with Gasteiger partial charge in [-0.3, -0.25) is 0 Å². The molecular weight excluding hydrogens is 320 g/mol. The molecule has 2 N–H and O–H groups in total. The van der Waals surface area contributed by atoms with Crippen LogP contribution in [0.1, 0.15) is 28.1 Å². The number of guanidine groups is 1. The summed E-state index contributed by atoms with van der Waals surface area (Å²) >= 11 is 1.71. The van der Waals surface area contributed by atoms with Crippen molar-refractivity contribution in [2.45, 2.75) is 39.8 Å². The van der Waals surface area contributed by atoms with Crippen molar-refractivity contribution in [2.24, 2.45) is 4.99 Å². The van der Waals surface area contributed by atoms with E-state index in [0.717, 1.165) is 41.9 Å². The van der Waals surface area contributed by atoms with E-state index in [2.05, 4.69) is 39.7 Å². The molecule has 0 aliphatic carbocycles. The zero-order chi connectivity index (χ0) is 16.9. The van der Waals surface area contributed by atoms with Gasteiger partial charge in [-0.25, -0.2) is 9.98 Å². The van der Waals surface area contributed by atoms with E-state index in [-0.39, 0.29) is 6.10 Å². The van der Waals surface area contributed by atoms with E-state index in [4.69, 9.17) is 4.74 Å². The van der Waals surface area contributed by atoms with Gasteiger partial charge in [0.2, 0.25) is 0 Å². The van der Waals surface area contributed by atoms with Gasteiger partial charge in [0, 0.05) is 17.8 Å². The van der Waals surface area contributed by atoms with Gasteiger partial charge in [-0.1, -0.05) is 18.2 Å². The second kappa shape index (κ2) is 7.66. The van der Waals surface area contributed by atoms with Crippen LogP contribution in [0.3, 0.4) is 0 Å². The summed E-state index contributed by atoms with van der Waals surface area (Å²) in [4.78, 5) is 10.3. The van der Waals surface area contributed by atoms with Crippen molar-refractivity contribution in [1.29, 1.82) is 0 Å². The molecule has 1 aliphatic rings. The summed E-state index contributed by atoms with van der Waals surface area (Å²) in [6.45, 7) is 8.36. The number of aromatic nitrogens is 1. The minimum absolute atomic E-state index is 0.152. The Balaban J connectivity index is 1.56. The molecule has 3 rings (SSSR count). The van der Waals surface area contributed by atoms with Gasteiger partial charge in [-0.15, -0.1) is 11.3 Å². The van der Waals surface area contributed by atoms with Crippen LogP contribution in [0.15, 0.2) is 29.3 Å². The first-order chi connectivity index (χ1) is 11.7. The van der Waals surface area contributed by atoms with Crippen molar-refractivity contribution in [3.8, 4) is 5.75 Å². The molecule has 2 aromatic rings. The zero-order valence-corrected chi connectivity index (χ0v) is 15.2. The number of nitrogens with zero attached hydrogens (tertiary/aromatic N) is 2. The number of hydrogen-bond acceptors (Lipinski definition) is 4. The van der Waals surface area contributed by atoms with Gasteiger partial charge in [-0.2, -0.15) is 0 Å². The molecule has 128 valence electrons. The fourth-order valence-corrected chi connectivity index (χ4v) is 3.65. The average Bonchev–Trinajstić information content (AvgIpc) is 3.12. The topological polar surface area (TPSA) is 58.5 Å². The van der Waals surface area contributed by atoms with E-state index in [0.29, 0.717) is 6.54 Å². The summed E-state index contributed by atoms with van der Waals surface area (Å²) in [6.07, 6.45) is 1.09. The van der Waals surface area contributed by atoms with E-state index in [9.17, 15) is 0 Å². The predicted octanol–water partition coefficient (Wildman–Crippen LogP) is 2.82. The number of hydrogen-bond donors (Lipinski definition) is 2. The largest absolute Gasteiger partial charge is 0.488 e. The second-order valence-corrected chi connectivity index (χ2v) is 7.16. The van der Waals surface area contributed by atoms with Gasteiger partial charge >= 0.3 is 0 Å². The molecule has 0 saturated carbocycles. The van der Waals surface area contributed by atoms with Crippen LogP contribution < -0.4 is 15.4 Å². The van der Waals surface area contributed by atoms with Crippen LogP contribution in [0.25, 0.3) is 0 Å². The smallest absolute Gasteiger partial charge is 0.191 e. The first-order valence-corrected chi connectivity index (χ1v) is 9.17. The summed E-state index contributed by atoms with van der Waals surface area (Å²) in [5, 5.41) is 7.77. The van der Waals surface area contributed by atoms with Crippen molar-refractivity contribution in [3.05, 3.63) is 45.4 Å². The Morgan fingerprint density at radius 2 is 2.17 bits per heavy atom. The molecule has 1 atom stereocenters. The van der Waals surface area contributed by atoms with Gasteiger partial charge in [-0.05, 0) is 32.4 Å². The van der Waals surface area contributed by atoms with E-state index in [1.165, 1.54) is 10.4 Å². The van der Waals surface area contributed by atoms with Gasteiger partial charge in [0.15, 0.2) is 5.96 Å². The number of aryl methyl sites for hydroxylation is 2. The molecule has 1 aromatic carbocycles. The molecule has 6 heteroatoms. The number of aliphatic imine (C=N–C) groups is 1. The molecule has 0 radical (unpaired) electrons. The lowest BCUT2D eigenvalue weighted by atomic mass is 10.1. The highest BCUT2D eigenvalue weighted by Gasteiger charge is 2.22. The monoisotopic (exact) mass is 344 g/mol. The van der Waals surface area contributed by atoms with E-state index in [1.54, 1.807) is 11.3 Å². The van der Waals surface area contributed by atoms with Gasteiger partial charge in [0.05, 0.1) is 23.8 Å². The lowest BCUT2D eigenvalue weighted by molar-refractivity contribution is 0.235. The first kappa shape index (κ1) is 16.8. The standard InChI is InChI=1S/C18H24N4OS/c1-4-19-18(21-11-17-12(2)22-13(3)24-17)20-10-15-9-14-7-5-6-8-16(14)23-15/h5-8,15H,4,9-11H2,1-3H3,(H2,19,20,21). The van der Waals surface area contributed by atoms with E-state index >= 15 is 0 Å². The SMILES string of the molecule is CCNC(=NCc1sc(C)nc1C)NCC1Cc2ccccc2O1. The van der Waals surface area contributed by atoms with Crippen LogP contribution in [0.4, 0.5) is 0 Å². The molecule has 0 amide bonds. The second-order valence-electron chi connectivity index (χ2n) is 5.87. The number of nitrogens with one attached hydrogen (secondary N) is 2. The Morgan fingerprint density at radius 3 is 2.88 bits per heavy atom. The average molecular weight is 344 g/mol. The Bertz CT molecular complexity index is 701. The van der Waals surface area contributed by atoms with Crippen LogP contribution in [0.5, 0.6) is 5.75 Å². The van der Waals surface area contributed by atoms with Gasteiger partial charge in [0.25, 0.3) is 0 Å².